The van der Waals surface area contributed by atoms with E-state index in [2.05, 4.69) is 15.9 Å². The highest BCUT2D eigenvalue weighted by Crippen LogP contribution is 2.21. The van der Waals surface area contributed by atoms with E-state index in [0.29, 0.717) is 5.33 Å². The van der Waals surface area contributed by atoms with Gasteiger partial charge in [0.1, 0.15) is 0 Å². The van der Waals surface area contributed by atoms with Crippen LogP contribution in [0.3, 0.4) is 0 Å². The Morgan fingerprint density at radius 1 is 1.25 bits per heavy atom. The molecule has 0 bridgehead atoms. The summed E-state index contributed by atoms with van der Waals surface area (Å²) in [4.78, 5) is 21.0. The molecule has 12 heavy (non-hydrogen) atoms. The SMILES string of the molecule is O=P([O-])([O-])c1ccc(CBr)cc1. The normalized spacial score (nSPS) is 11.6. The molecule has 0 aliphatic carbocycles. The largest absolute Gasteiger partial charge is 0.807 e. The fraction of sp³-hybridized carbons (Fsp3) is 0.143. The Morgan fingerprint density at radius 2 is 1.75 bits per heavy atom. The lowest BCUT2D eigenvalue weighted by molar-refractivity contribution is -0.307. The number of alkyl halides is 1. The molecule has 0 heterocycles. The predicted octanol–water partition coefficient (Wildman–Crippen LogP) is 0.120. The Kier molecular flexibility index (Phi) is 3.07. The minimum Gasteiger partial charge on any atom is -0.807 e. The van der Waals surface area contributed by atoms with Crippen LogP contribution in [0.5, 0.6) is 0 Å². The molecule has 0 unspecified atom stereocenters. The van der Waals surface area contributed by atoms with E-state index >= 15 is 0 Å². The first-order valence-corrected chi connectivity index (χ1v) is 5.88. The molecule has 66 valence electrons. The maximum Gasteiger partial charge on any atom is 0.0283 e. The molecule has 0 saturated carbocycles. The monoisotopic (exact) mass is 248 g/mol. The Hall–Kier alpha value is -0.150. The molecule has 1 aromatic carbocycles. The highest BCUT2D eigenvalue weighted by molar-refractivity contribution is 9.08. The Bertz CT molecular complexity index is 303. The van der Waals surface area contributed by atoms with Gasteiger partial charge in [0.15, 0.2) is 0 Å². The highest BCUT2D eigenvalue weighted by atomic mass is 79.9. The van der Waals surface area contributed by atoms with Crippen molar-refractivity contribution in [3.05, 3.63) is 29.8 Å². The average Bonchev–Trinajstić information content (AvgIpc) is 2.03. The zero-order valence-corrected chi connectivity index (χ0v) is 8.55. The number of halogens is 1. The quantitative estimate of drug-likeness (QED) is 0.552. The van der Waals surface area contributed by atoms with Crippen LogP contribution in [0.25, 0.3) is 0 Å². The molecular formula is C7H6BrO3P-2. The van der Waals surface area contributed by atoms with Crippen molar-refractivity contribution in [2.24, 2.45) is 0 Å². The Balaban J connectivity index is 3.01. The minimum atomic E-state index is -4.56. The third-order valence-corrected chi connectivity index (χ3v) is 2.98. The molecule has 5 heteroatoms. The topological polar surface area (TPSA) is 63.2 Å². The molecule has 0 aliphatic rings. The molecule has 0 fully saturated rings. The zero-order chi connectivity index (χ0) is 9.19. The summed E-state index contributed by atoms with van der Waals surface area (Å²) in [6, 6.07) is 5.84. The van der Waals surface area contributed by atoms with E-state index in [9.17, 15) is 14.4 Å². The van der Waals surface area contributed by atoms with E-state index in [4.69, 9.17) is 0 Å². The summed E-state index contributed by atoms with van der Waals surface area (Å²) < 4.78 is 10.5. The van der Waals surface area contributed by atoms with Crippen LogP contribution in [0.2, 0.25) is 0 Å². The first-order chi connectivity index (χ1) is 5.54. The lowest BCUT2D eigenvalue weighted by atomic mass is 10.2. The third kappa shape index (κ3) is 2.42. The van der Waals surface area contributed by atoms with Crippen LogP contribution < -0.4 is 15.1 Å². The molecule has 3 nitrogen and oxygen atoms in total. The van der Waals surface area contributed by atoms with Gasteiger partial charge in [-0.25, -0.2) is 0 Å². The van der Waals surface area contributed by atoms with Crippen LogP contribution in [0.1, 0.15) is 5.56 Å². The average molecular weight is 249 g/mol. The van der Waals surface area contributed by atoms with Gasteiger partial charge in [0.25, 0.3) is 0 Å². The van der Waals surface area contributed by atoms with Gasteiger partial charge in [0, 0.05) is 5.33 Å². The molecule has 0 saturated heterocycles. The van der Waals surface area contributed by atoms with Crippen molar-refractivity contribution < 1.29 is 14.4 Å². The predicted molar refractivity (Wildman–Crippen MR) is 46.3 cm³/mol. The maximum absolute atomic E-state index is 10.5. The van der Waals surface area contributed by atoms with Crippen molar-refractivity contribution >= 4 is 28.8 Å². The molecule has 1 aromatic rings. The molecule has 0 amide bonds. The summed E-state index contributed by atoms with van der Waals surface area (Å²) in [5.41, 5.74) is 0.937. The van der Waals surface area contributed by atoms with Crippen molar-refractivity contribution in [3.8, 4) is 0 Å². The van der Waals surface area contributed by atoms with E-state index in [1.165, 1.54) is 12.1 Å². The van der Waals surface area contributed by atoms with E-state index in [1.807, 2.05) is 0 Å². The second-order valence-corrected chi connectivity index (χ2v) is 4.37. The van der Waals surface area contributed by atoms with E-state index in [1.54, 1.807) is 12.1 Å². The molecule has 0 N–H and O–H groups in total. The lowest BCUT2D eigenvalue weighted by Crippen LogP contribution is -2.24. The molecule has 0 aliphatic heterocycles. The summed E-state index contributed by atoms with van der Waals surface area (Å²) in [7, 11) is -4.56. The van der Waals surface area contributed by atoms with Crippen LogP contribution in [-0.2, 0) is 9.90 Å². The first kappa shape index (κ1) is 9.93. The van der Waals surface area contributed by atoms with Gasteiger partial charge < -0.3 is 14.4 Å². The summed E-state index contributed by atoms with van der Waals surface area (Å²) in [5.74, 6) is 0. The van der Waals surface area contributed by atoms with Gasteiger partial charge in [-0.15, -0.1) is 0 Å². The highest BCUT2D eigenvalue weighted by Gasteiger charge is 1.96. The lowest BCUT2D eigenvalue weighted by Gasteiger charge is -2.29. The Labute approximate surface area is 78.7 Å². The van der Waals surface area contributed by atoms with Gasteiger partial charge in [-0.1, -0.05) is 40.2 Å². The first-order valence-electron chi connectivity index (χ1n) is 3.21. The van der Waals surface area contributed by atoms with Crippen LogP contribution in [0.15, 0.2) is 24.3 Å². The van der Waals surface area contributed by atoms with Crippen molar-refractivity contribution in [1.29, 1.82) is 0 Å². The molecule has 0 atom stereocenters. The van der Waals surface area contributed by atoms with Crippen LogP contribution in [0, 0.1) is 0 Å². The van der Waals surface area contributed by atoms with Crippen LogP contribution in [0.4, 0.5) is 0 Å². The Morgan fingerprint density at radius 3 is 2.08 bits per heavy atom. The number of benzene rings is 1. The van der Waals surface area contributed by atoms with Crippen molar-refractivity contribution in [2.75, 3.05) is 0 Å². The summed E-state index contributed by atoms with van der Waals surface area (Å²) >= 11 is 3.21. The standard InChI is InChI=1S/C7H8BrO3P/c8-5-6-1-3-7(4-2-6)12(9,10)11/h1-4H,5H2,(H2,9,10,11)/p-2. The number of rotatable bonds is 2. The van der Waals surface area contributed by atoms with E-state index in [-0.39, 0.29) is 5.30 Å². The smallest absolute Gasteiger partial charge is 0.0283 e. The van der Waals surface area contributed by atoms with Crippen LogP contribution in [-0.4, -0.2) is 0 Å². The molecule has 0 radical (unpaired) electrons. The maximum atomic E-state index is 10.5. The van der Waals surface area contributed by atoms with Crippen molar-refractivity contribution in [3.63, 3.8) is 0 Å². The summed E-state index contributed by atoms with van der Waals surface area (Å²) in [6.45, 7) is 0. The number of hydrogen-bond acceptors (Lipinski definition) is 3. The third-order valence-electron chi connectivity index (χ3n) is 1.41. The fourth-order valence-electron chi connectivity index (χ4n) is 0.768. The van der Waals surface area contributed by atoms with Crippen molar-refractivity contribution in [2.45, 2.75) is 5.33 Å². The summed E-state index contributed by atoms with van der Waals surface area (Å²) in [6.07, 6.45) is 0. The fourth-order valence-corrected chi connectivity index (χ4v) is 1.66. The van der Waals surface area contributed by atoms with Gasteiger partial charge in [-0.2, -0.15) is 0 Å². The van der Waals surface area contributed by atoms with E-state index in [0.717, 1.165) is 5.56 Å². The van der Waals surface area contributed by atoms with Gasteiger partial charge in [-0.3, -0.25) is 0 Å². The van der Waals surface area contributed by atoms with Crippen LogP contribution >= 0.6 is 23.5 Å². The number of hydrogen-bond donors (Lipinski definition) is 0. The summed E-state index contributed by atoms with van der Waals surface area (Å²) in [5, 5.41) is 0.488. The second kappa shape index (κ2) is 3.71. The van der Waals surface area contributed by atoms with Gasteiger partial charge in [0.2, 0.25) is 0 Å². The zero-order valence-electron chi connectivity index (χ0n) is 6.07. The molecule has 0 aromatic heterocycles. The molecule has 0 spiro atoms. The van der Waals surface area contributed by atoms with Gasteiger partial charge in [0.05, 0.1) is 0 Å². The molecule has 1 rings (SSSR count). The van der Waals surface area contributed by atoms with Gasteiger partial charge >= 0.3 is 0 Å². The van der Waals surface area contributed by atoms with Gasteiger partial charge in [-0.05, 0) is 18.5 Å². The minimum absolute atomic E-state index is 0.160. The van der Waals surface area contributed by atoms with Crippen molar-refractivity contribution in [1.82, 2.24) is 0 Å². The van der Waals surface area contributed by atoms with E-state index < -0.39 is 7.60 Å². The molecular weight excluding hydrogens is 243 g/mol. The second-order valence-electron chi connectivity index (χ2n) is 2.30.